The molecule has 1 saturated carbocycles. The van der Waals surface area contributed by atoms with E-state index in [4.69, 9.17) is 11.6 Å². The molecule has 0 spiro atoms. The van der Waals surface area contributed by atoms with Gasteiger partial charge in [-0.3, -0.25) is 4.79 Å². The van der Waals surface area contributed by atoms with Crippen LogP contribution in [0.15, 0.2) is 53.4 Å². The number of aromatic carboxylic acids is 1. The third-order valence-corrected chi connectivity index (χ3v) is 11.8. The molecule has 2 fully saturated rings. The number of amides is 1. The highest BCUT2D eigenvalue weighted by Crippen LogP contribution is 2.42. The summed E-state index contributed by atoms with van der Waals surface area (Å²) >= 11 is 6.18. The summed E-state index contributed by atoms with van der Waals surface area (Å²) in [4.78, 5) is 27.7. The molecule has 8 nitrogen and oxygen atoms in total. The van der Waals surface area contributed by atoms with Crippen molar-refractivity contribution in [2.45, 2.75) is 63.4 Å². The molecule has 1 aliphatic heterocycles. The number of nitrogens with zero attached hydrogens (tertiary/aromatic N) is 3. The second kappa shape index (κ2) is 15.3. The summed E-state index contributed by atoms with van der Waals surface area (Å²) in [6.07, 6.45) is 3.93. The summed E-state index contributed by atoms with van der Waals surface area (Å²) in [7, 11) is -5.75. The Morgan fingerprint density at radius 3 is 1.98 bits per heavy atom. The van der Waals surface area contributed by atoms with Crippen molar-refractivity contribution in [1.82, 2.24) is 4.31 Å². The molecule has 16 heteroatoms. The average Bonchev–Trinajstić information content (AvgIpc) is 3.82. The van der Waals surface area contributed by atoms with Crippen LogP contribution in [0.2, 0.25) is 5.02 Å². The van der Waals surface area contributed by atoms with E-state index in [-0.39, 0.29) is 32.7 Å². The van der Waals surface area contributed by atoms with Crippen LogP contribution in [-0.2, 0) is 27.9 Å². The molecular formula is C38H34ClF6N3O5S. The third-order valence-electron chi connectivity index (χ3n) is 9.61. The minimum atomic E-state index is -5.75. The van der Waals surface area contributed by atoms with Crippen LogP contribution in [0, 0.1) is 48.8 Å². The molecule has 1 saturated heterocycles. The number of benzene rings is 4. The highest BCUT2D eigenvalue weighted by Gasteiger charge is 2.39. The normalized spacial score (nSPS) is 14.6. The first-order chi connectivity index (χ1) is 25.5. The number of sulfonamides is 1. The number of carbonyl (C=O) groups is 2. The lowest BCUT2D eigenvalue weighted by Gasteiger charge is -2.31. The Balaban J connectivity index is 1.48. The monoisotopic (exact) mass is 793 g/mol. The van der Waals surface area contributed by atoms with Crippen molar-refractivity contribution in [2.24, 2.45) is 0 Å². The second-order valence-electron chi connectivity index (χ2n) is 13.6. The first kappa shape index (κ1) is 39.1. The number of hydrogen-bond donors (Lipinski definition) is 1. The van der Waals surface area contributed by atoms with E-state index in [2.05, 4.69) is 11.0 Å². The van der Waals surface area contributed by atoms with Gasteiger partial charge in [-0.25, -0.2) is 39.6 Å². The van der Waals surface area contributed by atoms with Crippen molar-refractivity contribution in [3.63, 3.8) is 0 Å². The van der Waals surface area contributed by atoms with Gasteiger partial charge in [-0.1, -0.05) is 23.7 Å². The summed E-state index contributed by atoms with van der Waals surface area (Å²) in [6, 6.07) is 11.3. The number of carboxylic acids is 1. The van der Waals surface area contributed by atoms with E-state index in [0.717, 1.165) is 68.2 Å². The molecule has 54 heavy (non-hydrogen) atoms. The maximum absolute atomic E-state index is 15.1. The van der Waals surface area contributed by atoms with Crippen molar-refractivity contribution in [3.05, 3.63) is 122 Å². The molecule has 6 rings (SSSR count). The van der Waals surface area contributed by atoms with Crippen LogP contribution in [0.5, 0.6) is 0 Å². The fourth-order valence-electron chi connectivity index (χ4n) is 6.82. The molecule has 2 aliphatic rings. The van der Waals surface area contributed by atoms with Gasteiger partial charge in [0, 0.05) is 36.0 Å². The van der Waals surface area contributed by atoms with Gasteiger partial charge in [0.2, 0.25) is 21.7 Å². The van der Waals surface area contributed by atoms with Crippen LogP contribution >= 0.6 is 11.6 Å². The van der Waals surface area contributed by atoms with E-state index in [0.29, 0.717) is 22.6 Å². The number of carboxylic acid groups (broad SMARTS) is 1. The summed E-state index contributed by atoms with van der Waals surface area (Å²) in [5, 5.41) is 9.35. The summed E-state index contributed by atoms with van der Waals surface area (Å²) in [6.45, 7) is 2.38. The maximum atomic E-state index is 15.1. The van der Waals surface area contributed by atoms with Crippen LogP contribution in [-0.4, -0.2) is 49.3 Å². The van der Waals surface area contributed by atoms with Crippen LogP contribution in [0.1, 0.15) is 69.8 Å². The minimum Gasteiger partial charge on any atom is -0.478 e. The zero-order chi connectivity index (χ0) is 39.2. The lowest BCUT2D eigenvalue weighted by molar-refractivity contribution is -0.119. The second-order valence-corrected chi connectivity index (χ2v) is 15.8. The molecule has 0 radical (unpaired) electrons. The van der Waals surface area contributed by atoms with Crippen molar-refractivity contribution >= 4 is 44.9 Å². The van der Waals surface area contributed by atoms with E-state index in [1.165, 1.54) is 17.0 Å². The van der Waals surface area contributed by atoms with Crippen molar-refractivity contribution < 1.29 is 49.5 Å². The number of anilines is 2. The Kier molecular flexibility index (Phi) is 11.1. The summed E-state index contributed by atoms with van der Waals surface area (Å²) in [5.74, 6) is -15.7. The fraction of sp³-hybridized carbons (Fsp3) is 0.316. The van der Waals surface area contributed by atoms with Gasteiger partial charge in [0.15, 0.2) is 28.2 Å². The molecule has 4 aromatic carbocycles. The molecule has 1 heterocycles. The minimum absolute atomic E-state index is 0.0883. The molecule has 1 N–H and O–H groups in total. The number of hydrogen-bond acceptors (Lipinski definition) is 5. The number of aryl methyl sites for hydroxylation is 2. The van der Waals surface area contributed by atoms with Crippen LogP contribution in [0.25, 0.3) is 0 Å². The third kappa shape index (κ3) is 7.80. The predicted molar refractivity (Wildman–Crippen MR) is 189 cm³/mol. The molecule has 0 atom stereocenters. The number of rotatable bonds is 12. The summed E-state index contributed by atoms with van der Waals surface area (Å²) < 4.78 is 115. The number of halogens is 7. The molecule has 286 valence electrons. The van der Waals surface area contributed by atoms with Gasteiger partial charge in [0.05, 0.1) is 18.7 Å². The smallest absolute Gasteiger partial charge is 0.335 e. The Bertz CT molecular complexity index is 2230. The highest BCUT2D eigenvalue weighted by molar-refractivity contribution is 7.89. The molecule has 1 aliphatic carbocycles. The Hall–Kier alpha value is -4.60. The van der Waals surface area contributed by atoms with Crippen LogP contribution in [0.3, 0.4) is 0 Å². The quantitative estimate of drug-likeness (QED) is 0.0880. The summed E-state index contributed by atoms with van der Waals surface area (Å²) in [5.41, 5.74) is 3.20. The SMILES string of the molecule is Cc1cc(C(=O)O)cc(C)c1N(Cc1cc(C2CC2)cc(N2CCCC2)c1)C(=O)CN(Cc1ccc(F)cc1Cl)S(=O)(=O)c1c(F)c(F)c(F)c(F)c1F. The van der Waals surface area contributed by atoms with E-state index < -0.39 is 74.8 Å². The van der Waals surface area contributed by atoms with Gasteiger partial charge in [0.25, 0.3) is 0 Å². The van der Waals surface area contributed by atoms with Gasteiger partial charge >= 0.3 is 5.97 Å². The Labute approximate surface area is 312 Å². The van der Waals surface area contributed by atoms with Crippen molar-refractivity contribution in [3.8, 4) is 0 Å². The van der Waals surface area contributed by atoms with E-state index in [1.807, 2.05) is 12.1 Å². The highest BCUT2D eigenvalue weighted by atomic mass is 35.5. The van der Waals surface area contributed by atoms with Crippen molar-refractivity contribution in [2.75, 3.05) is 29.4 Å². The van der Waals surface area contributed by atoms with Gasteiger partial charge in [-0.05, 0) is 110 Å². The van der Waals surface area contributed by atoms with Crippen LogP contribution in [0.4, 0.5) is 37.7 Å². The fourth-order valence-corrected chi connectivity index (χ4v) is 8.53. The number of carbonyl (C=O) groups excluding carboxylic acids is 1. The maximum Gasteiger partial charge on any atom is 0.335 e. The zero-order valence-corrected chi connectivity index (χ0v) is 30.6. The van der Waals surface area contributed by atoms with Gasteiger partial charge in [0.1, 0.15) is 5.82 Å². The molecule has 1 amide bonds. The standard InChI is InChI=1S/C38H34ClF6N3O5S/c1-20-11-26(38(50)51)12-21(2)36(20)48(17-22-13-25(23-5-6-23)15-28(14-22)46-9-3-4-10-46)30(49)19-47(18-24-7-8-27(40)16-29(24)39)54(52,53)37-34(44)32(42)31(41)33(43)35(37)45/h7-8,11-16,23H,3-6,9-10,17-19H2,1-2H3,(H,50,51). The van der Waals surface area contributed by atoms with E-state index in [9.17, 15) is 40.7 Å². The topological polar surface area (TPSA) is 98.2 Å². The van der Waals surface area contributed by atoms with Crippen LogP contribution < -0.4 is 9.80 Å². The molecule has 0 bridgehead atoms. The lowest BCUT2D eigenvalue weighted by Crippen LogP contribution is -2.43. The van der Waals surface area contributed by atoms with Crippen molar-refractivity contribution in [1.29, 1.82) is 0 Å². The zero-order valence-electron chi connectivity index (χ0n) is 29.0. The lowest BCUT2D eigenvalue weighted by atomic mass is 10.0. The average molecular weight is 794 g/mol. The first-order valence-electron chi connectivity index (χ1n) is 17.0. The largest absolute Gasteiger partial charge is 0.478 e. The molecular weight excluding hydrogens is 760 g/mol. The molecule has 4 aromatic rings. The van der Waals surface area contributed by atoms with Gasteiger partial charge in [-0.2, -0.15) is 4.31 Å². The first-order valence-corrected chi connectivity index (χ1v) is 18.8. The molecule has 0 unspecified atom stereocenters. The Morgan fingerprint density at radius 1 is 0.833 bits per heavy atom. The Morgan fingerprint density at radius 2 is 1.43 bits per heavy atom. The van der Waals surface area contributed by atoms with E-state index in [1.54, 1.807) is 13.8 Å². The molecule has 0 aromatic heterocycles. The predicted octanol–water partition coefficient (Wildman–Crippen LogP) is 8.39. The van der Waals surface area contributed by atoms with Gasteiger partial charge < -0.3 is 14.9 Å². The van der Waals surface area contributed by atoms with E-state index >= 15 is 8.78 Å². The van der Waals surface area contributed by atoms with Gasteiger partial charge in [-0.15, -0.1) is 0 Å².